The minimum absolute atomic E-state index is 0.0834. The van der Waals surface area contributed by atoms with E-state index in [1.54, 1.807) is 42.7 Å². The number of anilines is 2. The van der Waals surface area contributed by atoms with Gasteiger partial charge in [-0.1, -0.05) is 11.6 Å². The van der Waals surface area contributed by atoms with Gasteiger partial charge in [0.15, 0.2) is 0 Å². The number of hydrogen-bond donors (Lipinski definition) is 2. The van der Waals surface area contributed by atoms with E-state index in [4.69, 9.17) is 11.6 Å². The SMILES string of the molecule is O=C(C[C@H](CN1CCN(c2ncccn2)CC1)C(=O)O)Nc1ccc(Cl)cc1. The van der Waals surface area contributed by atoms with Crippen molar-refractivity contribution in [2.75, 3.05) is 42.9 Å². The van der Waals surface area contributed by atoms with Crippen LogP contribution in [0.25, 0.3) is 0 Å². The molecule has 2 aromatic rings. The monoisotopic (exact) mass is 403 g/mol. The highest BCUT2D eigenvalue weighted by Gasteiger charge is 2.27. The zero-order valence-electron chi connectivity index (χ0n) is 15.3. The van der Waals surface area contributed by atoms with Gasteiger partial charge in [-0.2, -0.15) is 0 Å². The molecule has 3 rings (SSSR count). The maximum absolute atomic E-state index is 12.2. The van der Waals surface area contributed by atoms with Gasteiger partial charge >= 0.3 is 5.97 Å². The lowest BCUT2D eigenvalue weighted by Gasteiger charge is -2.35. The molecule has 9 heteroatoms. The van der Waals surface area contributed by atoms with E-state index in [0.717, 1.165) is 0 Å². The Labute approximate surface area is 168 Å². The van der Waals surface area contributed by atoms with Gasteiger partial charge in [0.05, 0.1) is 5.92 Å². The van der Waals surface area contributed by atoms with Gasteiger partial charge < -0.3 is 15.3 Å². The van der Waals surface area contributed by atoms with Crippen LogP contribution in [0.2, 0.25) is 5.02 Å². The molecule has 1 amide bonds. The quantitative estimate of drug-likeness (QED) is 0.729. The number of hydrogen-bond acceptors (Lipinski definition) is 6. The van der Waals surface area contributed by atoms with E-state index in [2.05, 4.69) is 25.1 Å². The minimum Gasteiger partial charge on any atom is -0.481 e. The second-order valence-corrected chi connectivity index (χ2v) is 7.07. The van der Waals surface area contributed by atoms with Crippen LogP contribution in [-0.2, 0) is 9.59 Å². The number of halogens is 1. The fourth-order valence-corrected chi connectivity index (χ4v) is 3.22. The standard InChI is InChI=1S/C19H22ClN5O3/c20-15-2-4-16(5-3-15)23-17(26)12-14(18(27)28)13-24-8-10-25(11-9-24)19-21-6-1-7-22-19/h1-7,14H,8-13H2,(H,23,26)(H,27,28)/t14-/m1/s1. The molecule has 28 heavy (non-hydrogen) atoms. The minimum atomic E-state index is -0.972. The predicted octanol–water partition coefficient (Wildman–Crippen LogP) is 1.98. The summed E-state index contributed by atoms with van der Waals surface area (Å²) < 4.78 is 0. The van der Waals surface area contributed by atoms with Crippen LogP contribution in [0.4, 0.5) is 11.6 Å². The number of carboxylic acid groups (broad SMARTS) is 1. The number of carbonyl (C=O) groups excluding carboxylic acids is 1. The van der Waals surface area contributed by atoms with E-state index in [9.17, 15) is 14.7 Å². The van der Waals surface area contributed by atoms with E-state index in [1.165, 1.54) is 0 Å². The Morgan fingerprint density at radius 2 is 1.75 bits per heavy atom. The number of aliphatic carboxylic acids is 1. The Bertz CT molecular complexity index is 795. The molecule has 8 nitrogen and oxygen atoms in total. The molecular weight excluding hydrogens is 382 g/mol. The number of aromatic nitrogens is 2. The third-order valence-electron chi connectivity index (χ3n) is 4.59. The van der Waals surface area contributed by atoms with Crippen LogP contribution >= 0.6 is 11.6 Å². The van der Waals surface area contributed by atoms with Crippen molar-refractivity contribution in [2.24, 2.45) is 5.92 Å². The van der Waals surface area contributed by atoms with Gasteiger partial charge in [-0.05, 0) is 30.3 Å². The van der Waals surface area contributed by atoms with Gasteiger partial charge in [0, 0.05) is 62.2 Å². The molecule has 1 aliphatic heterocycles. The van der Waals surface area contributed by atoms with Crippen molar-refractivity contribution in [2.45, 2.75) is 6.42 Å². The van der Waals surface area contributed by atoms with Crippen molar-refractivity contribution in [3.05, 3.63) is 47.7 Å². The molecule has 0 spiro atoms. The van der Waals surface area contributed by atoms with E-state index in [-0.39, 0.29) is 12.3 Å². The highest BCUT2D eigenvalue weighted by atomic mass is 35.5. The molecule has 1 aliphatic rings. The molecule has 0 aliphatic carbocycles. The van der Waals surface area contributed by atoms with Crippen LogP contribution < -0.4 is 10.2 Å². The molecule has 0 unspecified atom stereocenters. The Kier molecular flexibility index (Phi) is 6.78. The van der Waals surface area contributed by atoms with Gasteiger partial charge in [-0.15, -0.1) is 0 Å². The van der Waals surface area contributed by atoms with E-state index >= 15 is 0 Å². The molecular formula is C19H22ClN5O3. The van der Waals surface area contributed by atoms with Crippen molar-refractivity contribution >= 4 is 35.1 Å². The van der Waals surface area contributed by atoms with Crippen LogP contribution in [-0.4, -0.2) is 64.6 Å². The van der Waals surface area contributed by atoms with Gasteiger partial charge in [-0.3, -0.25) is 14.5 Å². The summed E-state index contributed by atoms with van der Waals surface area (Å²) in [7, 11) is 0. The van der Waals surface area contributed by atoms with Crippen molar-refractivity contribution in [3.63, 3.8) is 0 Å². The highest BCUT2D eigenvalue weighted by molar-refractivity contribution is 6.30. The van der Waals surface area contributed by atoms with Gasteiger partial charge in [-0.25, -0.2) is 9.97 Å². The van der Waals surface area contributed by atoms with Crippen molar-refractivity contribution in [1.29, 1.82) is 0 Å². The van der Waals surface area contributed by atoms with Crippen molar-refractivity contribution in [3.8, 4) is 0 Å². The van der Waals surface area contributed by atoms with Gasteiger partial charge in [0.1, 0.15) is 0 Å². The predicted molar refractivity (Wildman–Crippen MR) is 107 cm³/mol. The lowest BCUT2D eigenvalue weighted by atomic mass is 10.0. The van der Waals surface area contributed by atoms with Crippen LogP contribution in [0.1, 0.15) is 6.42 Å². The number of piperazine rings is 1. The van der Waals surface area contributed by atoms with Gasteiger partial charge in [0.2, 0.25) is 11.9 Å². The summed E-state index contributed by atoms with van der Waals surface area (Å²) >= 11 is 5.82. The number of amides is 1. The molecule has 1 fully saturated rings. The van der Waals surface area contributed by atoms with Crippen molar-refractivity contribution < 1.29 is 14.7 Å². The second-order valence-electron chi connectivity index (χ2n) is 6.63. The molecule has 1 aromatic carbocycles. The van der Waals surface area contributed by atoms with Crippen molar-refractivity contribution in [1.82, 2.24) is 14.9 Å². The molecule has 1 aromatic heterocycles. The normalized spacial score (nSPS) is 15.8. The molecule has 2 N–H and O–H groups in total. The van der Waals surface area contributed by atoms with Gasteiger partial charge in [0.25, 0.3) is 0 Å². The first kappa shape index (κ1) is 20.0. The van der Waals surface area contributed by atoms with Crippen LogP contribution in [0.5, 0.6) is 0 Å². The summed E-state index contributed by atoms with van der Waals surface area (Å²) in [6.45, 7) is 3.15. The summed E-state index contributed by atoms with van der Waals surface area (Å²) in [6, 6.07) is 8.47. The molecule has 2 heterocycles. The summed E-state index contributed by atoms with van der Waals surface area (Å²) in [5, 5.41) is 12.8. The maximum atomic E-state index is 12.2. The average Bonchev–Trinajstić information content (AvgIpc) is 2.70. The molecule has 148 valence electrons. The molecule has 0 bridgehead atoms. The Morgan fingerprint density at radius 3 is 2.36 bits per heavy atom. The third-order valence-corrected chi connectivity index (χ3v) is 4.85. The second kappa shape index (κ2) is 9.48. The summed E-state index contributed by atoms with van der Waals surface area (Å²) in [6.07, 6.45) is 3.32. The summed E-state index contributed by atoms with van der Waals surface area (Å²) in [5.74, 6) is -1.39. The number of rotatable bonds is 7. The van der Waals surface area contributed by atoms with Crippen LogP contribution in [0.3, 0.4) is 0 Å². The molecule has 1 atom stereocenters. The number of nitrogens with one attached hydrogen (secondary N) is 1. The van der Waals surface area contributed by atoms with E-state index in [0.29, 0.717) is 49.4 Å². The third kappa shape index (κ3) is 5.64. The lowest BCUT2D eigenvalue weighted by molar-refractivity contribution is -0.144. The fourth-order valence-electron chi connectivity index (χ4n) is 3.10. The average molecular weight is 404 g/mol. The molecule has 0 radical (unpaired) electrons. The number of nitrogens with zero attached hydrogens (tertiary/aromatic N) is 4. The molecule has 1 saturated heterocycles. The van der Waals surface area contributed by atoms with E-state index in [1.807, 2.05) is 0 Å². The Morgan fingerprint density at radius 1 is 1.11 bits per heavy atom. The summed E-state index contributed by atoms with van der Waals surface area (Å²) in [5.41, 5.74) is 0.593. The Balaban J connectivity index is 1.50. The lowest BCUT2D eigenvalue weighted by Crippen LogP contribution is -2.49. The largest absolute Gasteiger partial charge is 0.481 e. The number of carboxylic acids is 1. The maximum Gasteiger partial charge on any atom is 0.308 e. The zero-order chi connectivity index (χ0) is 19.9. The fraction of sp³-hybridized carbons (Fsp3) is 0.368. The van der Waals surface area contributed by atoms with E-state index < -0.39 is 11.9 Å². The first-order valence-electron chi connectivity index (χ1n) is 9.04. The first-order chi connectivity index (χ1) is 13.5. The Hall–Kier alpha value is -2.71. The zero-order valence-corrected chi connectivity index (χ0v) is 16.0. The molecule has 0 saturated carbocycles. The summed E-state index contributed by atoms with van der Waals surface area (Å²) in [4.78, 5) is 36.5. The highest BCUT2D eigenvalue weighted by Crippen LogP contribution is 2.16. The smallest absolute Gasteiger partial charge is 0.308 e. The topological polar surface area (TPSA) is 98.7 Å². The van der Waals surface area contributed by atoms with Crippen LogP contribution in [0, 0.1) is 5.92 Å². The first-order valence-corrected chi connectivity index (χ1v) is 9.41. The number of carbonyl (C=O) groups is 2. The number of benzene rings is 1. The van der Waals surface area contributed by atoms with Crippen LogP contribution in [0.15, 0.2) is 42.7 Å².